The Hall–Kier alpha value is -0.940. The van der Waals surface area contributed by atoms with E-state index in [0.29, 0.717) is 29.9 Å². The Morgan fingerprint density at radius 1 is 1.47 bits per heavy atom. The van der Waals surface area contributed by atoms with Gasteiger partial charge in [-0.2, -0.15) is 0 Å². The Labute approximate surface area is 121 Å². The fourth-order valence-electron chi connectivity index (χ4n) is 1.89. The molecule has 106 valence electrons. The topological polar surface area (TPSA) is 49.3 Å². The molecule has 1 unspecified atom stereocenters. The molecule has 1 atom stereocenters. The van der Waals surface area contributed by atoms with Gasteiger partial charge in [-0.1, -0.05) is 35.8 Å². The lowest BCUT2D eigenvalue weighted by Gasteiger charge is -2.15. The normalized spacial score (nSPS) is 12.7. The van der Waals surface area contributed by atoms with E-state index in [0.717, 1.165) is 5.56 Å². The Bertz CT molecular complexity index is 437. The molecule has 1 aromatic carbocycles. The minimum atomic E-state index is -0.778. The molecule has 0 fully saturated rings. The van der Waals surface area contributed by atoms with Crippen LogP contribution in [0.4, 0.5) is 4.39 Å². The molecule has 19 heavy (non-hydrogen) atoms. The number of hydrogen-bond donors (Lipinski definition) is 2. The van der Waals surface area contributed by atoms with Crippen LogP contribution in [0, 0.1) is 17.7 Å². The Morgan fingerprint density at radius 3 is 2.68 bits per heavy atom. The molecule has 0 amide bonds. The fourth-order valence-corrected chi connectivity index (χ4v) is 2.38. The summed E-state index contributed by atoms with van der Waals surface area (Å²) in [7, 11) is 0. The van der Waals surface area contributed by atoms with Gasteiger partial charge < -0.3 is 10.4 Å². The number of rotatable bonds is 7. The summed E-state index contributed by atoms with van der Waals surface area (Å²) in [5, 5.41) is 12.2. The van der Waals surface area contributed by atoms with Gasteiger partial charge in [-0.05, 0) is 30.0 Å². The van der Waals surface area contributed by atoms with Crippen LogP contribution in [0.25, 0.3) is 0 Å². The molecule has 0 heterocycles. The SMILES string of the molecule is CC(C)CC(CNCc1ccc(F)cc1Br)C(=O)O. The molecule has 2 N–H and O–H groups in total. The van der Waals surface area contributed by atoms with Crippen molar-refractivity contribution in [2.75, 3.05) is 6.54 Å². The number of hydrogen-bond acceptors (Lipinski definition) is 2. The third-order valence-corrected chi connectivity index (χ3v) is 3.56. The molecule has 0 aliphatic rings. The predicted molar refractivity (Wildman–Crippen MR) is 76.4 cm³/mol. The maximum Gasteiger partial charge on any atom is 0.307 e. The highest BCUT2D eigenvalue weighted by molar-refractivity contribution is 9.10. The van der Waals surface area contributed by atoms with Crippen molar-refractivity contribution in [1.82, 2.24) is 5.32 Å². The van der Waals surface area contributed by atoms with Gasteiger partial charge in [0, 0.05) is 17.6 Å². The van der Waals surface area contributed by atoms with Crippen molar-refractivity contribution >= 4 is 21.9 Å². The smallest absolute Gasteiger partial charge is 0.307 e. The quantitative estimate of drug-likeness (QED) is 0.804. The van der Waals surface area contributed by atoms with Gasteiger partial charge in [-0.15, -0.1) is 0 Å². The molecular weight excluding hydrogens is 313 g/mol. The van der Waals surface area contributed by atoms with E-state index in [2.05, 4.69) is 21.2 Å². The van der Waals surface area contributed by atoms with Crippen LogP contribution in [-0.2, 0) is 11.3 Å². The van der Waals surface area contributed by atoms with E-state index < -0.39 is 5.97 Å². The molecule has 0 aromatic heterocycles. The summed E-state index contributed by atoms with van der Waals surface area (Å²) in [6.45, 7) is 4.94. The lowest BCUT2D eigenvalue weighted by molar-refractivity contribution is -0.142. The molecule has 0 radical (unpaired) electrons. The van der Waals surface area contributed by atoms with Gasteiger partial charge in [0.2, 0.25) is 0 Å². The van der Waals surface area contributed by atoms with Gasteiger partial charge in [-0.3, -0.25) is 4.79 Å². The first-order valence-electron chi connectivity index (χ1n) is 6.27. The van der Waals surface area contributed by atoms with Crippen LogP contribution >= 0.6 is 15.9 Å². The van der Waals surface area contributed by atoms with E-state index in [1.807, 2.05) is 13.8 Å². The number of aliphatic carboxylic acids is 1. The van der Waals surface area contributed by atoms with E-state index in [9.17, 15) is 9.18 Å². The molecule has 5 heteroatoms. The van der Waals surface area contributed by atoms with E-state index >= 15 is 0 Å². The van der Waals surface area contributed by atoms with Gasteiger partial charge in [0.1, 0.15) is 5.82 Å². The lowest BCUT2D eigenvalue weighted by atomic mass is 9.97. The zero-order valence-corrected chi connectivity index (χ0v) is 12.7. The maximum absolute atomic E-state index is 12.9. The molecule has 1 rings (SSSR count). The van der Waals surface area contributed by atoms with Crippen LogP contribution in [0.2, 0.25) is 0 Å². The predicted octanol–water partition coefficient (Wildman–Crippen LogP) is 3.42. The molecule has 1 aromatic rings. The summed E-state index contributed by atoms with van der Waals surface area (Å²) >= 11 is 3.29. The standard InChI is InChI=1S/C14H19BrFNO2/c1-9(2)5-11(14(18)19)8-17-7-10-3-4-12(16)6-13(10)15/h3-4,6,9,11,17H,5,7-8H2,1-2H3,(H,18,19). The van der Waals surface area contributed by atoms with Crippen LogP contribution in [0.15, 0.2) is 22.7 Å². The monoisotopic (exact) mass is 331 g/mol. The van der Waals surface area contributed by atoms with Crippen molar-refractivity contribution < 1.29 is 14.3 Å². The third kappa shape index (κ3) is 5.70. The number of carboxylic acid groups (broad SMARTS) is 1. The van der Waals surface area contributed by atoms with Gasteiger partial charge in [0.25, 0.3) is 0 Å². The van der Waals surface area contributed by atoms with Gasteiger partial charge in [0.05, 0.1) is 5.92 Å². The molecular formula is C14H19BrFNO2. The lowest BCUT2D eigenvalue weighted by Crippen LogP contribution is -2.29. The van der Waals surface area contributed by atoms with Crippen LogP contribution in [-0.4, -0.2) is 17.6 Å². The zero-order chi connectivity index (χ0) is 14.4. The van der Waals surface area contributed by atoms with Gasteiger partial charge in [0.15, 0.2) is 0 Å². The first kappa shape index (κ1) is 16.1. The third-order valence-electron chi connectivity index (χ3n) is 2.83. The van der Waals surface area contributed by atoms with Crippen LogP contribution in [0.5, 0.6) is 0 Å². The number of carboxylic acids is 1. The second-order valence-electron chi connectivity index (χ2n) is 5.03. The Balaban J connectivity index is 2.49. The minimum absolute atomic E-state index is 0.293. The van der Waals surface area contributed by atoms with Crippen molar-refractivity contribution in [2.24, 2.45) is 11.8 Å². The van der Waals surface area contributed by atoms with E-state index in [1.54, 1.807) is 6.07 Å². The average Bonchev–Trinajstić information content (AvgIpc) is 2.29. The summed E-state index contributed by atoms with van der Waals surface area (Å²) < 4.78 is 13.6. The average molecular weight is 332 g/mol. The maximum atomic E-state index is 12.9. The zero-order valence-electron chi connectivity index (χ0n) is 11.1. The van der Waals surface area contributed by atoms with Crippen LogP contribution < -0.4 is 5.32 Å². The summed E-state index contributed by atoms with van der Waals surface area (Å²) in [6, 6.07) is 4.48. The highest BCUT2D eigenvalue weighted by Crippen LogP contribution is 2.18. The minimum Gasteiger partial charge on any atom is -0.481 e. The Kier molecular flexibility index (Phi) is 6.45. The van der Waals surface area contributed by atoms with Gasteiger partial charge in [-0.25, -0.2) is 4.39 Å². The Morgan fingerprint density at radius 2 is 2.16 bits per heavy atom. The number of carbonyl (C=O) groups is 1. The van der Waals surface area contributed by atoms with Crippen molar-refractivity contribution in [2.45, 2.75) is 26.8 Å². The second kappa shape index (κ2) is 7.60. The molecule has 0 aliphatic carbocycles. The first-order valence-corrected chi connectivity index (χ1v) is 7.07. The van der Waals surface area contributed by atoms with Crippen molar-refractivity contribution in [3.8, 4) is 0 Å². The van der Waals surface area contributed by atoms with Gasteiger partial charge >= 0.3 is 5.97 Å². The largest absolute Gasteiger partial charge is 0.481 e. The van der Waals surface area contributed by atoms with Crippen molar-refractivity contribution in [1.29, 1.82) is 0 Å². The molecule has 0 saturated heterocycles. The molecule has 0 spiro atoms. The molecule has 0 bridgehead atoms. The highest BCUT2D eigenvalue weighted by atomic mass is 79.9. The molecule has 0 saturated carbocycles. The summed E-state index contributed by atoms with van der Waals surface area (Å²) in [4.78, 5) is 11.1. The number of nitrogens with one attached hydrogen (secondary N) is 1. The van der Waals surface area contributed by atoms with Crippen molar-refractivity contribution in [3.63, 3.8) is 0 Å². The number of benzene rings is 1. The second-order valence-corrected chi connectivity index (χ2v) is 5.89. The van der Waals surface area contributed by atoms with Crippen molar-refractivity contribution in [3.05, 3.63) is 34.1 Å². The summed E-state index contributed by atoms with van der Waals surface area (Å²) in [6.07, 6.45) is 0.646. The highest BCUT2D eigenvalue weighted by Gasteiger charge is 2.18. The van der Waals surface area contributed by atoms with E-state index in [1.165, 1.54) is 12.1 Å². The fraction of sp³-hybridized carbons (Fsp3) is 0.500. The van der Waals surface area contributed by atoms with E-state index in [4.69, 9.17) is 5.11 Å². The molecule has 3 nitrogen and oxygen atoms in total. The van der Waals surface area contributed by atoms with Crippen LogP contribution in [0.1, 0.15) is 25.8 Å². The summed E-state index contributed by atoms with van der Waals surface area (Å²) in [5.41, 5.74) is 0.912. The summed E-state index contributed by atoms with van der Waals surface area (Å²) in [5.74, 6) is -1.11. The molecule has 0 aliphatic heterocycles. The first-order chi connectivity index (χ1) is 8.90. The number of halogens is 2. The van der Waals surface area contributed by atoms with Crippen LogP contribution in [0.3, 0.4) is 0 Å². The van der Waals surface area contributed by atoms with E-state index in [-0.39, 0.29) is 11.7 Å².